The summed E-state index contributed by atoms with van der Waals surface area (Å²) in [5.41, 5.74) is 0. The van der Waals surface area contributed by atoms with Crippen LogP contribution >= 0.6 is 0 Å². The van der Waals surface area contributed by atoms with Gasteiger partial charge in [-0.3, -0.25) is 9.59 Å². The van der Waals surface area contributed by atoms with E-state index in [0.717, 1.165) is 0 Å². The van der Waals surface area contributed by atoms with Crippen LogP contribution in [-0.2, 0) is 14.3 Å². The molecule has 5 heteroatoms. The van der Waals surface area contributed by atoms with E-state index < -0.39 is 11.8 Å². The van der Waals surface area contributed by atoms with Gasteiger partial charge in [-0.2, -0.15) is 0 Å². The summed E-state index contributed by atoms with van der Waals surface area (Å²) in [7, 11) is 0. The van der Waals surface area contributed by atoms with Crippen molar-refractivity contribution in [3.05, 3.63) is 30.1 Å². The Hall–Kier alpha value is -1.91. The Morgan fingerprint density at radius 1 is 1.17 bits per heavy atom. The number of carbonyl (C=O) groups is 2. The molecule has 0 aliphatic heterocycles. The molecule has 98 valence electrons. The lowest BCUT2D eigenvalue weighted by Gasteiger charge is -2.05. The second-order valence-electron chi connectivity index (χ2n) is 3.56. The number of halogens is 1. The lowest BCUT2D eigenvalue weighted by Crippen LogP contribution is -2.10. The summed E-state index contributed by atoms with van der Waals surface area (Å²) in [5, 5.41) is 0. The van der Waals surface area contributed by atoms with E-state index in [9.17, 15) is 14.0 Å². The molecular formula is C13H15FO4. The summed E-state index contributed by atoms with van der Waals surface area (Å²) in [6, 6.07) is 5.66. The average Bonchev–Trinajstić information content (AvgIpc) is 2.32. The Morgan fingerprint density at radius 2 is 1.83 bits per heavy atom. The lowest BCUT2D eigenvalue weighted by molar-refractivity contribution is -0.143. The predicted octanol–water partition coefficient (Wildman–Crippen LogP) is 2.46. The predicted molar refractivity (Wildman–Crippen MR) is 62.5 cm³/mol. The first-order chi connectivity index (χ1) is 8.63. The van der Waals surface area contributed by atoms with Crippen LogP contribution in [0, 0.1) is 5.82 Å². The number of ether oxygens (including phenoxy) is 2. The van der Waals surface area contributed by atoms with Crippen LogP contribution in [0.2, 0.25) is 0 Å². The molecule has 0 spiro atoms. The molecule has 0 aromatic heterocycles. The van der Waals surface area contributed by atoms with Crippen LogP contribution in [0.3, 0.4) is 0 Å². The normalized spacial score (nSPS) is 9.89. The summed E-state index contributed by atoms with van der Waals surface area (Å²) >= 11 is 0. The van der Waals surface area contributed by atoms with Crippen molar-refractivity contribution in [1.82, 2.24) is 0 Å². The highest BCUT2D eigenvalue weighted by Gasteiger charge is 2.10. The second-order valence-corrected chi connectivity index (χ2v) is 3.56. The molecule has 18 heavy (non-hydrogen) atoms. The van der Waals surface area contributed by atoms with Gasteiger partial charge in [0.25, 0.3) is 0 Å². The fourth-order valence-corrected chi connectivity index (χ4v) is 1.31. The molecule has 1 rings (SSSR count). The van der Waals surface area contributed by atoms with E-state index in [-0.39, 0.29) is 24.6 Å². The van der Waals surface area contributed by atoms with Crippen molar-refractivity contribution in [2.45, 2.75) is 26.2 Å². The number of para-hydroxylation sites is 1. The first-order valence-corrected chi connectivity index (χ1v) is 5.74. The highest BCUT2D eigenvalue weighted by atomic mass is 19.1. The van der Waals surface area contributed by atoms with Gasteiger partial charge in [0.15, 0.2) is 11.6 Å². The van der Waals surface area contributed by atoms with Crippen LogP contribution in [0.5, 0.6) is 5.75 Å². The molecule has 0 N–H and O–H groups in total. The van der Waals surface area contributed by atoms with Crippen LogP contribution < -0.4 is 4.74 Å². The number of benzene rings is 1. The summed E-state index contributed by atoms with van der Waals surface area (Å²) in [6.45, 7) is 2.03. The Balaban J connectivity index is 2.30. The fraction of sp³-hybridized carbons (Fsp3) is 0.385. The van der Waals surface area contributed by atoms with Crippen LogP contribution in [0.1, 0.15) is 26.2 Å². The van der Waals surface area contributed by atoms with E-state index in [1.165, 1.54) is 18.2 Å². The van der Waals surface area contributed by atoms with Gasteiger partial charge in [0, 0.05) is 12.8 Å². The quantitative estimate of drug-likeness (QED) is 0.578. The molecule has 0 bridgehead atoms. The summed E-state index contributed by atoms with van der Waals surface area (Å²) in [4.78, 5) is 22.4. The van der Waals surface area contributed by atoms with Crippen LogP contribution in [0.4, 0.5) is 4.39 Å². The first kappa shape index (κ1) is 14.2. The van der Waals surface area contributed by atoms with Crippen molar-refractivity contribution in [3.8, 4) is 5.75 Å². The molecule has 0 aliphatic carbocycles. The molecule has 0 heterocycles. The van der Waals surface area contributed by atoms with Gasteiger partial charge in [0.2, 0.25) is 0 Å². The number of hydrogen-bond acceptors (Lipinski definition) is 4. The van der Waals surface area contributed by atoms with E-state index in [1.54, 1.807) is 13.0 Å². The number of rotatable bonds is 6. The Bertz CT molecular complexity index is 417. The molecule has 0 fully saturated rings. The highest BCUT2D eigenvalue weighted by molar-refractivity contribution is 5.74. The van der Waals surface area contributed by atoms with Gasteiger partial charge >= 0.3 is 11.9 Å². The Kier molecular flexibility index (Phi) is 5.84. The first-order valence-electron chi connectivity index (χ1n) is 5.74. The smallest absolute Gasteiger partial charge is 0.311 e. The monoisotopic (exact) mass is 254 g/mol. The van der Waals surface area contributed by atoms with Crippen LogP contribution in [0.25, 0.3) is 0 Å². The molecule has 0 radical (unpaired) electrons. The third-order valence-corrected chi connectivity index (χ3v) is 2.13. The van der Waals surface area contributed by atoms with E-state index in [0.29, 0.717) is 13.0 Å². The maximum absolute atomic E-state index is 13.1. The Morgan fingerprint density at radius 3 is 2.50 bits per heavy atom. The van der Waals surface area contributed by atoms with Crippen molar-refractivity contribution in [2.75, 3.05) is 6.61 Å². The molecule has 0 saturated carbocycles. The molecule has 1 aromatic rings. The van der Waals surface area contributed by atoms with Gasteiger partial charge in [-0.25, -0.2) is 4.39 Å². The number of carbonyl (C=O) groups excluding carboxylic acids is 2. The van der Waals surface area contributed by atoms with Crippen molar-refractivity contribution in [2.24, 2.45) is 0 Å². The average molecular weight is 254 g/mol. The number of hydrogen-bond donors (Lipinski definition) is 0. The topological polar surface area (TPSA) is 52.6 Å². The van der Waals surface area contributed by atoms with Crippen molar-refractivity contribution < 1.29 is 23.5 Å². The van der Waals surface area contributed by atoms with Crippen molar-refractivity contribution >= 4 is 11.9 Å². The fourth-order valence-electron chi connectivity index (χ4n) is 1.31. The molecule has 0 atom stereocenters. The largest absolute Gasteiger partial charge is 0.466 e. The van der Waals surface area contributed by atoms with Gasteiger partial charge < -0.3 is 9.47 Å². The summed E-state index contributed by atoms with van der Waals surface area (Å²) in [6.07, 6.45) is 0.527. The molecule has 1 aromatic carbocycles. The minimum absolute atomic E-state index is 0.0488. The van der Waals surface area contributed by atoms with E-state index in [1.807, 2.05) is 0 Å². The van der Waals surface area contributed by atoms with Gasteiger partial charge in [0.1, 0.15) is 0 Å². The van der Waals surface area contributed by atoms with E-state index in [4.69, 9.17) is 9.47 Å². The van der Waals surface area contributed by atoms with Crippen molar-refractivity contribution in [1.29, 1.82) is 0 Å². The molecule has 0 amide bonds. The van der Waals surface area contributed by atoms with Gasteiger partial charge in [0.05, 0.1) is 6.61 Å². The van der Waals surface area contributed by atoms with Gasteiger partial charge in [-0.1, -0.05) is 12.1 Å². The standard InChI is InChI=1S/C13H15FO4/c1-2-17-12(15)8-5-9-13(16)18-11-7-4-3-6-10(11)14/h3-4,6-7H,2,5,8-9H2,1H3. The molecular weight excluding hydrogens is 239 g/mol. The summed E-state index contributed by atoms with van der Waals surface area (Å²) in [5.74, 6) is -1.60. The van der Waals surface area contributed by atoms with E-state index >= 15 is 0 Å². The van der Waals surface area contributed by atoms with Crippen LogP contribution in [-0.4, -0.2) is 18.5 Å². The highest BCUT2D eigenvalue weighted by Crippen LogP contribution is 2.16. The zero-order valence-electron chi connectivity index (χ0n) is 10.1. The number of esters is 2. The molecule has 4 nitrogen and oxygen atoms in total. The van der Waals surface area contributed by atoms with E-state index in [2.05, 4.69) is 0 Å². The van der Waals surface area contributed by atoms with Gasteiger partial charge in [-0.05, 0) is 25.5 Å². The minimum Gasteiger partial charge on any atom is -0.466 e. The Labute approximate surface area is 105 Å². The van der Waals surface area contributed by atoms with Crippen LogP contribution in [0.15, 0.2) is 24.3 Å². The SMILES string of the molecule is CCOC(=O)CCCC(=O)Oc1ccccc1F. The third-order valence-electron chi connectivity index (χ3n) is 2.13. The lowest BCUT2D eigenvalue weighted by atomic mass is 10.2. The minimum atomic E-state index is -0.587. The third kappa shape index (κ3) is 4.95. The maximum atomic E-state index is 13.1. The molecule has 0 aliphatic rings. The second kappa shape index (κ2) is 7.42. The maximum Gasteiger partial charge on any atom is 0.311 e. The molecule has 0 saturated heterocycles. The zero-order chi connectivity index (χ0) is 13.4. The summed E-state index contributed by atoms with van der Waals surface area (Å²) < 4.78 is 22.7. The van der Waals surface area contributed by atoms with Crippen molar-refractivity contribution in [3.63, 3.8) is 0 Å². The van der Waals surface area contributed by atoms with Gasteiger partial charge in [-0.15, -0.1) is 0 Å². The molecule has 0 unspecified atom stereocenters. The zero-order valence-corrected chi connectivity index (χ0v) is 10.1.